The number of ether oxygens (including phenoxy) is 1. The summed E-state index contributed by atoms with van der Waals surface area (Å²) in [5, 5.41) is 3.64. The van der Waals surface area contributed by atoms with E-state index in [4.69, 9.17) is 14.7 Å². The standard InChI is InChI=1S/C24H23N5O2/c1-17(30)26-22-13-12-18(16-25-22)23-27-21-11-7-6-10-20(21)24(28-23)29(2)14-15-31-19-8-4-3-5-9-19/h3-13,16H,14-15H2,1-2H3,(H,25,26,30). The quantitative estimate of drug-likeness (QED) is 0.490. The Bertz CT molecular complexity index is 1180. The molecule has 0 aliphatic carbocycles. The van der Waals surface area contributed by atoms with Gasteiger partial charge in [-0.25, -0.2) is 15.0 Å². The number of anilines is 2. The van der Waals surface area contributed by atoms with Crippen molar-refractivity contribution < 1.29 is 9.53 Å². The summed E-state index contributed by atoms with van der Waals surface area (Å²) >= 11 is 0. The number of aromatic nitrogens is 3. The third-order valence-corrected chi connectivity index (χ3v) is 4.71. The maximum absolute atomic E-state index is 11.2. The average molecular weight is 413 g/mol. The minimum Gasteiger partial charge on any atom is -0.492 e. The Morgan fingerprint density at radius 3 is 2.52 bits per heavy atom. The number of rotatable bonds is 7. The van der Waals surface area contributed by atoms with Gasteiger partial charge in [0.25, 0.3) is 0 Å². The number of nitrogens with one attached hydrogen (secondary N) is 1. The van der Waals surface area contributed by atoms with Gasteiger partial charge < -0.3 is 15.0 Å². The van der Waals surface area contributed by atoms with Crippen molar-refractivity contribution >= 4 is 28.4 Å². The molecular weight excluding hydrogens is 390 g/mol. The van der Waals surface area contributed by atoms with E-state index in [1.165, 1.54) is 6.92 Å². The van der Waals surface area contributed by atoms with Crippen LogP contribution in [0.3, 0.4) is 0 Å². The number of likely N-dealkylation sites (N-methyl/N-ethyl adjacent to an activating group) is 1. The third-order valence-electron chi connectivity index (χ3n) is 4.71. The summed E-state index contributed by atoms with van der Waals surface area (Å²) in [7, 11) is 1.99. The number of carbonyl (C=O) groups excluding carboxylic acids is 1. The topological polar surface area (TPSA) is 80.2 Å². The second kappa shape index (κ2) is 9.21. The molecule has 0 spiro atoms. The van der Waals surface area contributed by atoms with Crippen molar-refractivity contribution in [1.82, 2.24) is 15.0 Å². The van der Waals surface area contributed by atoms with Crippen LogP contribution in [0.1, 0.15) is 6.92 Å². The van der Waals surface area contributed by atoms with Crippen molar-refractivity contribution in [1.29, 1.82) is 0 Å². The number of pyridine rings is 1. The lowest BCUT2D eigenvalue weighted by molar-refractivity contribution is -0.114. The zero-order chi connectivity index (χ0) is 21.6. The monoisotopic (exact) mass is 413 g/mol. The molecule has 0 bridgehead atoms. The van der Waals surface area contributed by atoms with E-state index in [-0.39, 0.29) is 5.91 Å². The van der Waals surface area contributed by atoms with Gasteiger partial charge in [-0.1, -0.05) is 30.3 Å². The normalized spacial score (nSPS) is 10.6. The van der Waals surface area contributed by atoms with Crippen LogP contribution in [0, 0.1) is 0 Å². The summed E-state index contributed by atoms with van der Waals surface area (Å²) in [5.41, 5.74) is 1.62. The fraction of sp³-hybridized carbons (Fsp3) is 0.167. The van der Waals surface area contributed by atoms with Gasteiger partial charge in [0.05, 0.1) is 12.1 Å². The van der Waals surface area contributed by atoms with E-state index in [2.05, 4.69) is 15.2 Å². The van der Waals surface area contributed by atoms with E-state index in [1.54, 1.807) is 12.3 Å². The fourth-order valence-electron chi connectivity index (χ4n) is 3.18. The molecule has 7 heteroatoms. The molecule has 2 aromatic carbocycles. The van der Waals surface area contributed by atoms with Gasteiger partial charge in [-0.3, -0.25) is 4.79 Å². The first kappa shape index (κ1) is 20.3. The summed E-state index contributed by atoms with van der Waals surface area (Å²) < 4.78 is 5.84. The van der Waals surface area contributed by atoms with Crippen molar-refractivity contribution in [3.8, 4) is 17.1 Å². The number of hydrogen-bond acceptors (Lipinski definition) is 6. The fourth-order valence-corrected chi connectivity index (χ4v) is 3.18. The molecule has 1 N–H and O–H groups in total. The number of hydrogen-bond donors (Lipinski definition) is 1. The summed E-state index contributed by atoms with van der Waals surface area (Å²) in [6, 6.07) is 21.3. The van der Waals surface area contributed by atoms with Crippen LogP contribution >= 0.6 is 0 Å². The number of benzene rings is 2. The average Bonchev–Trinajstić information content (AvgIpc) is 2.79. The van der Waals surface area contributed by atoms with Crippen molar-refractivity contribution in [3.05, 3.63) is 72.9 Å². The molecule has 0 unspecified atom stereocenters. The number of fused-ring (bicyclic) bond motifs is 1. The zero-order valence-corrected chi connectivity index (χ0v) is 17.4. The Balaban J connectivity index is 1.59. The Hall–Kier alpha value is -4.00. The van der Waals surface area contributed by atoms with Crippen LogP contribution in [0.25, 0.3) is 22.3 Å². The van der Waals surface area contributed by atoms with E-state index in [0.29, 0.717) is 24.8 Å². The van der Waals surface area contributed by atoms with Crippen molar-refractivity contribution in [3.63, 3.8) is 0 Å². The van der Waals surface area contributed by atoms with Crippen molar-refractivity contribution in [2.45, 2.75) is 6.92 Å². The molecule has 2 aromatic heterocycles. The number of para-hydroxylation sites is 2. The molecule has 156 valence electrons. The van der Waals surface area contributed by atoms with Crippen LogP contribution in [-0.2, 0) is 4.79 Å². The van der Waals surface area contributed by atoms with Crippen LogP contribution in [-0.4, -0.2) is 41.1 Å². The largest absolute Gasteiger partial charge is 0.492 e. The van der Waals surface area contributed by atoms with Crippen LogP contribution < -0.4 is 15.0 Å². The molecule has 0 radical (unpaired) electrons. The maximum Gasteiger partial charge on any atom is 0.222 e. The first-order chi connectivity index (χ1) is 15.1. The molecule has 2 heterocycles. The number of nitrogens with zero attached hydrogens (tertiary/aromatic N) is 4. The highest BCUT2D eigenvalue weighted by Crippen LogP contribution is 2.27. The van der Waals surface area contributed by atoms with Crippen LogP contribution in [0.15, 0.2) is 72.9 Å². The highest BCUT2D eigenvalue weighted by molar-refractivity contribution is 5.91. The zero-order valence-electron chi connectivity index (χ0n) is 17.4. The lowest BCUT2D eigenvalue weighted by Gasteiger charge is -2.21. The van der Waals surface area contributed by atoms with Crippen molar-refractivity contribution in [2.24, 2.45) is 0 Å². The van der Waals surface area contributed by atoms with Gasteiger partial charge >= 0.3 is 0 Å². The number of amides is 1. The summed E-state index contributed by atoms with van der Waals surface area (Å²) in [6.07, 6.45) is 1.66. The SMILES string of the molecule is CC(=O)Nc1ccc(-c2nc(N(C)CCOc3ccccc3)c3ccccc3n2)cn1. The molecule has 7 nitrogen and oxygen atoms in total. The molecule has 0 aliphatic rings. The maximum atomic E-state index is 11.2. The minimum absolute atomic E-state index is 0.163. The van der Waals surface area contributed by atoms with Gasteiger partial charge in [-0.05, 0) is 36.4 Å². The smallest absolute Gasteiger partial charge is 0.222 e. The molecular formula is C24H23N5O2. The first-order valence-electron chi connectivity index (χ1n) is 10.00. The molecule has 0 fully saturated rings. The predicted molar refractivity (Wildman–Crippen MR) is 122 cm³/mol. The van der Waals surface area contributed by atoms with Crippen LogP contribution in [0.4, 0.5) is 11.6 Å². The first-order valence-corrected chi connectivity index (χ1v) is 10.00. The Morgan fingerprint density at radius 1 is 1.00 bits per heavy atom. The van der Waals surface area contributed by atoms with Gasteiger partial charge in [0.1, 0.15) is 24.0 Å². The summed E-state index contributed by atoms with van der Waals surface area (Å²) in [6.45, 7) is 2.64. The summed E-state index contributed by atoms with van der Waals surface area (Å²) in [5.74, 6) is 2.57. The molecule has 4 aromatic rings. The van der Waals surface area contributed by atoms with Gasteiger partial charge in [-0.2, -0.15) is 0 Å². The van der Waals surface area contributed by atoms with Crippen LogP contribution in [0.5, 0.6) is 5.75 Å². The highest BCUT2D eigenvalue weighted by atomic mass is 16.5. The van der Waals surface area contributed by atoms with E-state index in [1.807, 2.05) is 67.7 Å². The van der Waals surface area contributed by atoms with E-state index < -0.39 is 0 Å². The molecule has 1 amide bonds. The molecule has 4 rings (SSSR count). The Kier molecular flexibility index (Phi) is 6.03. The lowest BCUT2D eigenvalue weighted by Crippen LogP contribution is -2.25. The van der Waals surface area contributed by atoms with Gasteiger partial charge in [0.2, 0.25) is 5.91 Å². The Labute approximate surface area is 180 Å². The molecule has 0 atom stereocenters. The van der Waals surface area contributed by atoms with Crippen molar-refractivity contribution in [2.75, 3.05) is 30.4 Å². The number of carbonyl (C=O) groups is 1. The lowest BCUT2D eigenvalue weighted by atomic mass is 10.2. The Morgan fingerprint density at radius 2 is 1.77 bits per heavy atom. The van der Waals surface area contributed by atoms with Gasteiger partial charge in [0, 0.05) is 31.1 Å². The molecule has 0 aliphatic heterocycles. The second-order valence-electron chi connectivity index (χ2n) is 7.08. The summed E-state index contributed by atoms with van der Waals surface area (Å²) in [4.78, 5) is 27.1. The van der Waals surface area contributed by atoms with E-state index in [0.717, 1.165) is 28.0 Å². The second-order valence-corrected chi connectivity index (χ2v) is 7.08. The van der Waals surface area contributed by atoms with E-state index in [9.17, 15) is 4.79 Å². The minimum atomic E-state index is -0.163. The molecule has 31 heavy (non-hydrogen) atoms. The van der Waals surface area contributed by atoms with E-state index >= 15 is 0 Å². The predicted octanol–water partition coefficient (Wildman–Crippen LogP) is 4.17. The third kappa shape index (κ3) is 4.95. The highest BCUT2D eigenvalue weighted by Gasteiger charge is 2.13. The van der Waals surface area contributed by atoms with Gasteiger partial charge in [0.15, 0.2) is 5.82 Å². The molecule has 0 saturated carbocycles. The van der Waals surface area contributed by atoms with Gasteiger partial charge in [-0.15, -0.1) is 0 Å². The van der Waals surface area contributed by atoms with Crippen LogP contribution in [0.2, 0.25) is 0 Å². The molecule has 0 saturated heterocycles.